The first-order valence-electron chi connectivity index (χ1n) is 8.08. The molecule has 1 aromatic carbocycles. The van der Waals surface area contributed by atoms with Crippen molar-refractivity contribution in [3.8, 4) is 0 Å². The van der Waals surface area contributed by atoms with E-state index in [-0.39, 0.29) is 18.4 Å². The highest BCUT2D eigenvalue weighted by Crippen LogP contribution is 2.29. The Bertz CT molecular complexity index is 463. The van der Waals surface area contributed by atoms with E-state index < -0.39 is 0 Å². The SMILES string of the molecule is CC(C)C(CC(=O)N1CCNC(C)C1C)c1ccccc1.Cl. The fraction of sp³-hybridized carbons (Fsp3) is 0.611. The van der Waals surface area contributed by atoms with E-state index in [1.807, 2.05) is 6.07 Å². The van der Waals surface area contributed by atoms with E-state index in [4.69, 9.17) is 0 Å². The molecular weight excluding hydrogens is 296 g/mol. The Morgan fingerprint density at radius 3 is 2.50 bits per heavy atom. The van der Waals surface area contributed by atoms with Gasteiger partial charge in [0.05, 0.1) is 0 Å². The molecule has 2 rings (SSSR count). The Morgan fingerprint density at radius 2 is 1.91 bits per heavy atom. The molecule has 22 heavy (non-hydrogen) atoms. The second kappa shape index (κ2) is 8.54. The number of nitrogens with one attached hydrogen (secondary N) is 1. The summed E-state index contributed by atoms with van der Waals surface area (Å²) in [4.78, 5) is 14.8. The minimum absolute atomic E-state index is 0. The molecule has 3 atom stereocenters. The lowest BCUT2D eigenvalue weighted by molar-refractivity contribution is -0.135. The molecule has 124 valence electrons. The van der Waals surface area contributed by atoms with E-state index in [2.05, 4.69) is 62.2 Å². The molecule has 1 amide bonds. The van der Waals surface area contributed by atoms with Crippen LogP contribution in [-0.2, 0) is 4.79 Å². The lowest BCUT2D eigenvalue weighted by Crippen LogP contribution is -2.57. The number of halogens is 1. The summed E-state index contributed by atoms with van der Waals surface area (Å²) >= 11 is 0. The second-order valence-corrected chi connectivity index (χ2v) is 6.54. The number of hydrogen-bond donors (Lipinski definition) is 1. The first-order valence-corrected chi connectivity index (χ1v) is 8.08. The molecule has 0 saturated carbocycles. The molecule has 1 fully saturated rings. The van der Waals surface area contributed by atoms with Gasteiger partial charge < -0.3 is 10.2 Å². The molecule has 1 saturated heterocycles. The lowest BCUT2D eigenvalue weighted by atomic mass is 9.85. The van der Waals surface area contributed by atoms with Gasteiger partial charge in [-0.15, -0.1) is 12.4 Å². The minimum atomic E-state index is 0. The van der Waals surface area contributed by atoms with E-state index in [9.17, 15) is 4.79 Å². The highest BCUT2D eigenvalue weighted by molar-refractivity contribution is 5.85. The third kappa shape index (κ3) is 4.47. The van der Waals surface area contributed by atoms with Crippen LogP contribution >= 0.6 is 12.4 Å². The molecule has 0 aliphatic carbocycles. The minimum Gasteiger partial charge on any atom is -0.337 e. The fourth-order valence-corrected chi connectivity index (χ4v) is 3.15. The normalized spacial score (nSPS) is 23.0. The maximum Gasteiger partial charge on any atom is 0.223 e. The van der Waals surface area contributed by atoms with Crippen LogP contribution in [0, 0.1) is 5.92 Å². The maximum atomic E-state index is 12.7. The topological polar surface area (TPSA) is 32.3 Å². The van der Waals surface area contributed by atoms with Gasteiger partial charge in [0.15, 0.2) is 0 Å². The van der Waals surface area contributed by atoms with Gasteiger partial charge in [-0.05, 0) is 31.2 Å². The molecule has 1 aliphatic heterocycles. The van der Waals surface area contributed by atoms with Crippen molar-refractivity contribution in [2.75, 3.05) is 13.1 Å². The summed E-state index contributed by atoms with van der Waals surface area (Å²) in [5, 5.41) is 3.43. The molecule has 1 aliphatic rings. The Hall–Kier alpha value is -1.06. The molecule has 3 unspecified atom stereocenters. The largest absolute Gasteiger partial charge is 0.337 e. The molecule has 1 N–H and O–H groups in total. The highest BCUT2D eigenvalue weighted by Gasteiger charge is 2.30. The molecule has 0 spiro atoms. The number of benzene rings is 1. The summed E-state index contributed by atoms with van der Waals surface area (Å²) in [5.74, 6) is 1.06. The van der Waals surface area contributed by atoms with Crippen molar-refractivity contribution in [2.24, 2.45) is 5.92 Å². The van der Waals surface area contributed by atoms with Crippen LogP contribution in [0.4, 0.5) is 0 Å². The average molecular weight is 325 g/mol. The number of hydrogen-bond acceptors (Lipinski definition) is 2. The summed E-state index contributed by atoms with van der Waals surface area (Å²) in [6.45, 7) is 10.4. The molecule has 3 nitrogen and oxygen atoms in total. The summed E-state index contributed by atoms with van der Waals surface area (Å²) in [5.41, 5.74) is 1.27. The lowest BCUT2D eigenvalue weighted by Gasteiger charge is -2.39. The maximum absolute atomic E-state index is 12.7. The second-order valence-electron chi connectivity index (χ2n) is 6.54. The van der Waals surface area contributed by atoms with Crippen molar-refractivity contribution in [2.45, 2.75) is 52.1 Å². The molecule has 0 radical (unpaired) electrons. The first kappa shape index (κ1) is 19.0. The number of piperazine rings is 1. The van der Waals surface area contributed by atoms with E-state index >= 15 is 0 Å². The quantitative estimate of drug-likeness (QED) is 0.920. The monoisotopic (exact) mass is 324 g/mol. The van der Waals surface area contributed by atoms with Gasteiger partial charge in [0.25, 0.3) is 0 Å². The van der Waals surface area contributed by atoms with E-state index in [1.165, 1.54) is 5.56 Å². The van der Waals surface area contributed by atoms with Crippen LogP contribution in [0.3, 0.4) is 0 Å². The van der Waals surface area contributed by atoms with Crippen molar-refractivity contribution in [1.82, 2.24) is 10.2 Å². The van der Waals surface area contributed by atoms with Gasteiger partial charge in [-0.3, -0.25) is 4.79 Å². The Morgan fingerprint density at radius 1 is 1.27 bits per heavy atom. The Labute approximate surface area is 140 Å². The Balaban J connectivity index is 0.00000242. The zero-order valence-electron chi connectivity index (χ0n) is 14.1. The van der Waals surface area contributed by atoms with Crippen LogP contribution in [0.25, 0.3) is 0 Å². The molecule has 0 aromatic heterocycles. The number of carbonyl (C=O) groups excluding carboxylic acids is 1. The van der Waals surface area contributed by atoms with Gasteiger partial charge in [-0.2, -0.15) is 0 Å². The van der Waals surface area contributed by atoms with Crippen molar-refractivity contribution in [1.29, 1.82) is 0 Å². The van der Waals surface area contributed by atoms with E-state index in [1.54, 1.807) is 0 Å². The van der Waals surface area contributed by atoms with Crippen LogP contribution in [0.2, 0.25) is 0 Å². The summed E-state index contributed by atoms with van der Waals surface area (Å²) < 4.78 is 0. The fourth-order valence-electron chi connectivity index (χ4n) is 3.15. The molecule has 1 heterocycles. The third-order valence-electron chi connectivity index (χ3n) is 4.78. The van der Waals surface area contributed by atoms with Crippen molar-refractivity contribution >= 4 is 18.3 Å². The Kier molecular flexibility index (Phi) is 7.37. The van der Waals surface area contributed by atoms with Crippen LogP contribution in [0.15, 0.2) is 30.3 Å². The summed E-state index contributed by atoms with van der Waals surface area (Å²) in [6.07, 6.45) is 0.610. The van der Waals surface area contributed by atoms with Gasteiger partial charge in [-0.25, -0.2) is 0 Å². The van der Waals surface area contributed by atoms with Crippen LogP contribution in [0.5, 0.6) is 0 Å². The number of carbonyl (C=O) groups is 1. The summed E-state index contributed by atoms with van der Waals surface area (Å²) in [6, 6.07) is 11.1. The van der Waals surface area contributed by atoms with Crippen LogP contribution in [0.1, 0.15) is 45.6 Å². The predicted octanol–water partition coefficient (Wildman–Crippen LogP) is 3.45. The van der Waals surface area contributed by atoms with Gasteiger partial charge >= 0.3 is 0 Å². The molecule has 1 aromatic rings. The standard InChI is InChI=1S/C18H28N2O.ClH/c1-13(2)17(16-8-6-5-7-9-16)12-18(21)20-11-10-19-14(3)15(20)4;/h5-9,13-15,17,19H,10-12H2,1-4H3;1H. The van der Waals surface area contributed by atoms with Gasteiger partial charge in [-0.1, -0.05) is 44.2 Å². The molecular formula is C18H29ClN2O. The van der Waals surface area contributed by atoms with Gasteiger partial charge in [0.2, 0.25) is 5.91 Å². The van der Waals surface area contributed by atoms with Crippen molar-refractivity contribution in [3.63, 3.8) is 0 Å². The number of rotatable bonds is 4. The van der Waals surface area contributed by atoms with E-state index in [0.717, 1.165) is 13.1 Å². The van der Waals surface area contributed by atoms with Gasteiger partial charge in [0.1, 0.15) is 0 Å². The highest BCUT2D eigenvalue weighted by atomic mass is 35.5. The zero-order valence-corrected chi connectivity index (χ0v) is 14.9. The van der Waals surface area contributed by atoms with Crippen LogP contribution in [-0.4, -0.2) is 36.0 Å². The zero-order chi connectivity index (χ0) is 15.4. The van der Waals surface area contributed by atoms with Crippen molar-refractivity contribution < 1.29 is 4.79 Å². The smallest absolute Gasteiger partial charge is 0.223 e. The third-order valence-corrected chi connectivity index (χ3v) is 4.78. The van der Waals surface area contributed by atoms with Crippen molar-refractivity contribution in [3.05, 3.63) is 35.9 Å². The van der Waals surface area contributed by atoms with Crippen LogP contribution < -0.4 is 5.32 Å². The average Bonchev–Trinajstić information content (AvgIpc) is 2.48. The number of nitrogens with zero attached hydrogens (tertiary/aromatic N) is 1. The molecule has 0 bridgehead atoms. The first-order chi connectivity index (χ1) is 10.0. The van der Waals surface area contributed by atoms with E-state index in [0.29, 0.717) is 30.2 Å². The summed E-state index contributed by atoms with van der Waals surface area (Å²) in [7, 11) is 0. The number of amides is 1. The van der Waals surface area contributed by atoms with Gasteiger partial charge in [0, 0.05) is 31.6 Å². The molecule has 4 heteroatoms. The predicted molar refractivity (Wildman–Crippen MR) is 94.5 cm³/mol.